The number of aliphatic imine (C=N–C) groups is 2. The standard InChI is InChI=1S/C14H22N4S2.2ClH/c1-9(2)11-5-18-10(7-20-13(18)16-11)6-19-12-15-8-14(3,4)17-12;;/h7,9,11H,5-6,8H2,1-4H3,(H,15,17);2*1H. The third kappa shape index (κ3) is 4.28. The summed E-state index contributed by atoms with van der Waals surface area (Å²) in [6.07, 6.45) is 0. The van der Waals surface area contributed by atoms with Crippen LogP contribution < -0.4 is 5.32 Å². The first kappa shape index (κ1) is 20.0. The third-order valence-corrected chi connectivity index (χ3v) is 5.58. The molecule has 0 saturated heterocycles. The molecule has 0 aromatic carbocycles. The smallest absolute Gasteiger partial charge is 0.168 e. The molecule has 0 aromatic rings. The van der Waals surface area contributed by atoms with Gasteiger partial charge in [-0.15, -0.1) is 24.8 Å². The normalized spacial score (nSPS) is 24.9. The minimum absolute atomic E-state index is 0. The van der Waals surface area contributed by atoms with E-state index in [1.54, 1.807) is 23.5 Å². The molecule has 3 heterocycles. The molecule has 0 bridgehead atoms. The Morgan fingerprint density at radius 1 is 1.45 bits per heavy atom. The highest BCUT2D eigenvalue weighted by molar-refractivity contribution is 8.17. The summed E-state index contributed by atoms with van der Waals surface area (Å²) in [6.45, 7) is 10.8. The molecule has 22 heavy (non-hydrogen) atoms. The summed E-state index contributed by atoms with van der Waals surface area (Å²) in [6, 6.07) is 0.451. The molecule has 126 valence electrons. The molecule has 0 fully saturated rings. The van der Waals surface area contributed by atoms with Gasteiger partial charge in [0.1, 0.15) is 0 Å². The Balaban J connectivity index is 0.00000121. The Bertz CT molecular complexity index is 503. The van der Waals surface area contributed by atoms with E-state index in [0.29, 0.717) is 12.0 Å². The molecule has 3 rings (SSSR count). The Morgan fingerprint density at radius 3 is 2.77 bits per heavy atom. The fourth-order valence-electron chi connectivity index (χ4n) is 2.37. The van der Waals surface area contributed by atoms with Crippen LogP contribution in [0.1, 0.15) is 27.7 Å². The van der Waals surface area contributed by atoms with Gasteiger partial charge in [0, 0.05) is 18.0 Å². The molecular weight excluding hydrogens is 359 g/mol. The third-order valence-electron chi connectivity index (χ3n) is 3.71. The van der Waals surface area contributed by atoms with E-state index in [1.807, 2.05) is 0 Å². The number of hydrogen-bond acceptors (Lipinski definition) is 6. The number of halogens is 2. The van der Waals surface area contributed by atoms with E-state index in [1.165, 1.54) is 10.9 Å². The van der Waals surface area contributed by atoms with E-state index in [-0.39, 0.29) is 30.4 Å². The number of rotatable bonds is 3. The van der Waals surface area contributed by atoms with Crippen LogP contribution >= 0.6 is 48.3 Å². The van der Waals surface area contributed by atoms with Crippen LogP contribution in [0.5, 0.6) is 0 Å². The summed E-state index contributed by atoms with van der Waals surface area (Å²) in [5, 5.41) is 7.97. The molecular formula is C14H24Cl2N4S2. The molecule has 1 unspecified atom stereocenters. The van der Waals surface area contributed by atoms with Gasteiger partial charge < -0.3 is 10.2 Å². The van der Waals surface area contributed by atoms with Crippen molar-refractivity contribution in [3.05, 3.63) is 11.1 Å². The lowest BCUT2D eigenvalue weighted by atomic mass is 10.1. The monoisotopic (exact) mass is 382 g/mol. The van der Waals surface area contributed by atoms with Gasteiger partial charge in [0.05, 0.1) is 18.1 Å². The van der Waals surface area contributed by atoms with Gasteiger partial charge in [-0.1, -0.05) is 37.4 Å². The molecule has 0 aliphatic carbocycles. The van der Waals surface area contributed by atoms with E-state index in [0.717, 1.165) is 24.0 Å². The number of fused-ring (bicyclic) bond motifs is 1. The van der Waals surface area contributed by atoms with Crippen LogP contribution in [0.25, 0.3) is 0 Å². The maximum atomic E-state index is 4.80. The van der Waals surface area contributed by atoms with Crippen molar-refractivity contribution in [1.29, 1.82) is 0 Å². The number of amidine groups is 2. The second kappa shape index (κ2) is 7.69. The zero-order valence-electron chi connectivity index (χ0n) is 13.3. The Hall–Kier alpha value is -0.0400. The molecule has 1 atom stereocenters. The van der Waals surface area contributed by atoms with Gasteiger partial charge in [-0.2, -0.15) is 0 Å². The molecule has 1 N–H and O–H groups in total. The zero-order valence-corrected chi connectivity index (χ0v) is 16.6. The van der Waals surface area contributed by atoms with Crippen LogP contribution in [-0.2, 0) is 0 Å². The van der Waals surface area contributed by atoms with Gasteiger partial charge in [0.15, 0.2) is 10.3 Å². The highest BCUT2D eigenvalue weighted by atomic mass is 35.5. The number of thioether (sulfide) groups is 2. The van der Waals surface area contributed by atoms with Crippen LogP contribution in [0.2, 0.25) is 0 Å². The van der Waals surface area contributed by atoms with Crippen molar-refractivity contribution in [3.8, 4) is 0 Å². The first-order valence-electron chi connectivity index (χ1n) is 7.11. The molecule has 3 aliphatic rings. The summed E-state index contributed by atoms with van der Waals surface area (Å²) >= 11 is 3.57. The molecule has 4 nitrogen and oxygen atoms in total. The largest absolute Gasteiger partial charge is 0.358 e. The van der Waals surface area contributed by atoms with Crippen LogP contribution in [-0.4, -0.2) is 45.7 Å². The van der Waals surface area contributed by atoms with E-state index >= 15 is 0 Å². The van der Waals surface area contributed by atoms with Crippen LogP contribution in [0.3, 0.4) is 0 Å². The molecule has 8 heteroatoms. The molecule has 0 spiro atoms. The van der Waals surface area contributed by atoms with Gasteiger partial charge in [0.25, 0.3) is 0 Å². The quantitative estimate of drug-likeness (QED) is 0.809. The second-order valence-corrected chi connectivity index (χ2v) is 8.28. The number of nitrogens with zero attached hydrogens (tertiary/aromatic N) is 3. The topological polar surface area (TPSA) is 40.0 Å². The first-order chi connectivity index (χ1) is 9.44. The van der Waals surface area contributed by atoms with E-state index < -0.39 is 0 Å². The predicted molar refractivity (Wildman–Crippen MR) is 105 cm³/mol. The SMILES string of the molecule is CC(C)C1CN2C(CSC3=NCC(C)(C)N3)=CSC2=N1.Cl.Cl. The highest BCUT2D eigenvalue weighted by Crippen LogP contribution is 2.34. The zero-order chi connectivity index (χ0) is 14.3. The fraction of sp³-hybridized carbons (Fsp3) is 0.714. The van der Waals surface area contributed by atoms with Crippen molar-refractivity contribution >= 4 is 58.7 Å². The second-order valence-electron chi connectivity index (χ2n) is 6.48. The van der Waals surface area contributed by atoms with Gasteiger partial charge in [-0.05, 0) is 25.2 Å². The van der Waals surface area contributed by atoms with Crippen molar-refractivity contribution in [2.24, 2.45) is 15.9 Å². The van der Waals surface area contributed by atoms with Crippen molar-refractivity contribution in [2.45, 2.75) is 39.3 Å². The summed E-state index contributed by atoms with van der Waals surface area (Å²) in [5.41, 5.74) is 1.49. The van der Waals surface area contributed by atoms with Crippen LogP contribution in [0.4, 0.5) is 0 Å². The summed E-state index contributed by atoms with van der Waals surface area (Å²) in [4.78, 5) is 11.7. The molecule has 0 aromatic heterocycles. The van der Waals surface area contributed by atoms with Gasteiger partial charge >= 0.3 is 0 Å². The molecule has 0 saturated carbocycles. The summed E-state index contributed by atoms with van der Waals surface area (Å²) in [7, 11) is 0. The van der Waals surface area contributed by atoms with Crippen molar-refractivity contribution in [1.82, 2.24) is 10.2 Å². The summed E-state index contributed by atoms with van der Waals surface area (Å²) in [5.74, 6) is 1.59. The highest BCUT2D eigenvalue weighted by Gasteiger charge is 2.33. The fourth-order valence-corrected chi connectivity index (χ4v) is 4.47. The van der Waals surface area contributed by atoms with Crippen molar-refractivity contribution in [2.75, 3.05) is 18.8 Å². The lowest BCUT2D eigenvalue weighted by molar-refractivity contribution is 0.436. The predicted octanol–water partition coefficient (Wildman–Crippen LogP) is 3.59. The first-order valence-corrected chi connectivity index (χ1v) is 8.98. The van der Waals surface area contributed by atoms with Crippen LogP contribution in [0.15, 0.2) is 21.1 Å². The Kier molecular flexibility index (Phi) is 6.99. The van der Waals surface area contributed by atoms with Crippen LogP contribution in [0, 0.1) is 5.92 Å². The Labute approximate surface area is 153 Å². The maximum Gasteiger partial charge on any atom is 0.168 e. The van der Waals surface area contributed by atoms with E-state index in [2.05, 4.69) is 48.3 Å². The molecule has 0 radical (unpaired) electrons. The van der Waals surface area contributed by atoms with E-state index in [4.69, 9.17) is 4.99 Å². The minimum Gasteiger partial charge on any atom is -0.358 e. The lowest BCUT2D eigenvalue weighted by Gasteiger charge is -2.20. The Morgan fingerprint density at radius 2 is 2.18 bits per heavy atom. The average molecular weight is 383 g/mol. The van der Waals surface area contributed by atoms with E-state index in [9.17, 15) is 0 Å². The van der Waals surface area contributed by atoms with Gasteiger partial charge in [0.2, 0.25) is 0 Å². The average Bonchev–Trinajstić information content (AvgIpc) is 3.00. The van der Waals surface area contributed by atoms with Crippen molar-refractivity contribution < 1.29 is 0 Å². The van der Waals surface area contributed by atoms with Gasteiger partial charge in [-0.3, -0.25) is 9.98 Å². The lowest BCUT2D eigenvalue weighted by Crippen LogP contribution is -2.38. The minimum atomic E-state index is 0. The maximum absolute atomic E-state index is 4.80. The summed E-state index contributed by atoms with van der Waals surface area (Å²) < 4.78 is 0. The van der Waals surface area contributed by atoms with Crippen molar-refractivity contribution in [3.63, 3.8) is 0 Å². The van der Waals surface area contributed by atoms with Gasteiger partial charge in [-0.25, -0.2) is 0 Å². The number of hydrogen-bond donors (Lipinski definition) is 1. The number of nitrogens with one attached hydrogen (secondary N) is 1. The molecule has 3 aliphatic heterocycles. The molecule has 0 amide bonds.